The number of carbonyl (C=O) groups excluding carboxylic acids is 2. The van der Waals surface area contributed by atoms with Crippen LogP contribution in [0.3, 0.4) is 0 Å². The van der Waals surface area contributed by atoms with E-state index in [1.54, 1.807) is 23.0 Å². The molecule has 0 unspecified atom stereocenters. The number of ether oxygens (including phenoxy) is 1. The van der Waals surface area contributed by atoms with E-state index in [1.807, 2.05) is 24.3 Å². The van der Waals surface area contributed by atoms with Gasteiger partial charge in [-0.3, -0.25) is 9.59 Å². The molecule has 2 aromatic rings. The molecule has 0 atom stereocenters. The number of nitrogens with zero attached hydrogens (tertiary/aromatic N) is 2. The summed E-state index contributed by atoms with van der Waals surface area (Å²) < 4.78 is 18.2. The fourth-order valence-corrected chi connectivity index (χ4v) is 2.92. The van der Waals surface area contributed by atoms with Gasteiger partial charge in [0.15, 0.2) is 0 Å². The van der Waals surface area contributed by atoms with E-state index in [0.29, 0.717) is 31.7 Å². The van der Waals surface area contributed by atoms with E-state index in [0.717, 1.165) is 11.3 Å². The highest BCUT2D eigenvalue weighted by Gasteiger charge is 2.23. The molecule has 0 saturated carbocycles. The van der Waals surface area contributed by atoms with Crippen molar-refractivity contribution in [3.63, 3.8) is 0 Å². The van der Waals surface area contributed by atoms with Crippen molar-refractivity contribution in [3.05, 3.63) is 71.6 Å². The summed E-state index contributed by atoms with van der Waals surface area (Å²) in [5.74, 6) is 0.128. The molecular weight excluding hydrogens is 347 g/mol. The van der Waals surface area contributed by atoms with E-state index in [1.165, 1.54) is 30.3 Å². The average molecular weight is 368 g/mol. The second-order valence-corrected chi connectivity index (χ2v) is 6.23. The van der Waals surface area contributed by atoms with Crippen molar-refractivity contribution in [1.29, 1.82) is 0 Å². The van der Waals surface area contributed by atoms with Gasteiger partial charge in [-0.2, -0.15) is 0 Å². The molecule has 0 aliphatic carbocycles. The average Bonchev–Trinajstić information content (AvgIpc) is 2.72. The van der Waals surface area contributed by atoms with Crippen LogP contribution in [0.1, 0.15) is 15.9 Å². The summed E-state index contributed by atoms with van der Waals surface area (Å²) in [7, 11) is 1.60. The third-order valence-electron chi connectivity index (χ3n) is 4.48. The minimum atomic E-state index is -0.371. The lowest BCUT2D eigenvalue weighted by Gasteiger charge is -2.34. The Morgan fingerprint density at radius 2 is 1.67 bits per heavy atom. The maximum Gasteiger partial charge on any atom is 0.253 e. The van der Waals surface area contributed by atoms with Gasteiger partial charge in [0.25, 0.3) is 5.91 Å². The lowest BCUT2D eigenvalue weighted by Crippen LogP contribution is -2.50. The first kappa shape index (κ1) is 18.6. The smallest absolute Gasteiger partial charge is 0.253 e. The number of carbonyl (C=O) groups is 2. The number of hydrogen-bond acceptors (Lipinski definition) is 3. The van der Waals surface area contributed by atoms with Crippen molar-refractivity contribution >= 4 is 17.9 Å². The molecule has 1 heterocycles. The van der Waals surface area contributed by atoms with Crippen LogP contribution in [-0.4, -0.2) is 54.9 Å². The van der Waals surface area contributed by atoms with Gasteiger partial charge in [0, 0.05) is 37.8 Å². The van der Waals surface area contributed by atoms with Gasteiger partial charge in [-0.05, 0) is 48.0 Å². The zero-order valence-corrected chi connectivity index (χ0v) is 15.1. The van der Waals surface area contributed by atoms with E-state index in [-0.39, 0.29) is 17.6 Å². The summed E-state index contributed by atoms with van der Waals surface area (Å²) in [6.07, 6.45) is 3.28. The summed E-state index contributed by atoms with van der Waals surface area (Å²) in [5, 5.41) is 0. The molecular formula is C21H21FN2O3. The molecule has 0 radical (unpaired) electrons. The Morgan fingerprint density at radius 1 is 1.00 bits per heavy atom. The van der Waals surface area contributed by atoms with E-state index < -0.39 is 0 Å². The molecule has 2 aromatic carbocycles. The maximum absolute atomic E-state index is 13.0. The van der Waals surface area contributed by atoms with Gasteiger partial charge in [-0.1, -0.05) is 12.1 Å². The second-order valence-electron chi connectivity index (χ2n) is 6.23. The normalized spacial score (nSPS) is 14.4. The van der Waals surface area contributed by atoms with E-state index in [2.05, 4.69) is 0 Å². The Labute approximate surface area is 157 Å². The largest absolute Gasteiger partial charge is 0.497 e. The van der Waals surface area contributed by atoms with Crippen molar-refractivity contribution in [3.8, 4) is 5.75 Å². The fourth-order valence-electron chi connectivity index (χ4n) is 2.92. The van der Waals surface area contributed by atoms with Crippen molar-refractivity contribution < 1.29 is 18.7 Å². The number of amides is 2. The zero-order chi connectivity index (χ0) is 19.2. The van der Waals surface area contributed by atoms with Crippen LogP contribution in [-0.2, 0) is 4.79 Å². The Hall–Kier alpha value is -3.15. The van der Waals surface area contributed by atoms with Crippen molar-refractivity contribution in [2.75, 3.05) is 33.3 Å². The second kappa shape index (κ2) is 8.49. The predicted molar refractivity (Wildman–Crippen MR) is 101 cm³/mol. The minimum Gasteiger partial charge on any atom is -0.497 e. The predicted octanol–water partition coefficient (Wildman–Crippen LogP) is 2.83. The van der Waals surface area contributed by atoms with Gasteiger partial charge in [-0.25, -0.2) is 4.39 Å². The molecule has 1 fully saturated rings. The Kier molecular flexibility index (Phi) is 5.86. The first-order chi connectivity index (χ1) is 13.1. The molecule has 0 N–H and O–H groups in total. The summed E-state index contributed by atoms with van der Waals surface area (Å²) in [4.78, 5) is 28.2. The molecule has 1 aliphatic heterocycles. The molecule has 27 heavy (non-hydrogen) atoms. The highest BCUT2D eigenvalue weighted by Crippen LogP contribution is 2.14. The van der Waals surface area contributed by atoms with Gasteiger partial charge in [0.05, 0.1) is 7.11 Å². The quantitative estimate of drug-likeness (QED) is 0.780. The summed E-state index contributed by atoms with van der Waals surface area (Å²) in [5.41, 5.74) is 1.34. The number of piperazine rings is 1. The van der Waals surface area contributed by atoms with Crippen LogP contribution < -0.4 is 4.74 Å². The summed E-state index contributed by atoms with van der Waals surface area (Å²) >= 11 is 0. The van der Waals surface area contributed by atoms with E-state index in [9.17, 15) is 14.0 Å². The number of hydrogen-bond donors (Lipinski definition) is 0. The van der Waals surface area contributed by atoms with Crippen LogP contribution in [0.4, 0.5) is 4.39 Å². The van der Waals surface area contributed by atoms with Crippen LogP contribution >= 0.6 is 0 Å². The van der Waals surface area contributed by atoms with Crippen molar-refractivity contribution in [2.45, 2.75) is 0 Å². The molecule has 6 heteroatoms. The topological polar surface area (TPSA) is 49.9 Å². The van der Waals surface area contributed by atoms with Crippen LogP contribution in [0.15, 0.2) is 54.6 Å². The third-order valence-corrected chi connectivity index (χ3v) is 4.48. The molecule has 5 nitrogen and oxygen atoms in total. The SMILES string of the molecule is COc1cccc(/C=C/C(=O)N2CCN(C(=O)c3ccc(F)cc3)CC2)c1. The van der Waals surface area contributed by atoms with Gasteiger partial charge < -0.3 is 14.5 Å². The van der Waals surface area contributed by atoms with Crippen molar-refractivity contribution in [1.82, 2.24) is 9.80 Å². The summed E-state index contributed by atoms with van der Waals surface area (Å²) in [6, 6.07) is 13.0. The van der Waals surface area contributed by atoms with Gasteiger partial charge >= 0.3 is 0 Å². The molecule has 2 amide bonds. The molecule has 1 saturated heterocycles. The lowest BCUT2D eigenvalue weighted by molar-refractivity contribution is -0.127. The van der Waals surface area contributed by atoms with Gasteiger partial charge in [0.1, 0.15) is 11.6 Å². The van der Waals surface area contributed by atoms with Gasteiger partial charge in [0.2, 0.25) is 5.91 Å². The highest BCUT2D eigenvalue weighted by molar-refractivity contribution is 5.95. The zero-order valence-electron chi connectivity index (χ0n) is 15.1. The standard InChI is InChI=1S/C21H21FN2O3/c1-27-19-4-2-3-16(15-19)5-10-20(25)23-11-13-24(14-12-23)21(26)17-6-8-18(22)9-7-17/h2-10,15H,11-14H2,1H3/b10-5+. The minimum absolute atomic E-state index is 0.0910. The third kappa shape index (κ3) is 4.73. The summed E-state index contributed by atoms with van der Waals surface area (Å²) in [6.45, 7) is 1.84. The molecule has 0 spiro atoms. The molecule has 140 valence electrons. The fraction of sp³-hybridized carbons (Fsp3) is 0.238. The maximum atomic E-state index is 13.0. The number of rotatable bonds is 4. The lowest BCUT2D eigenvalue weighted by atomic mass is 10.1. The molecule has 1 aliphatic rings. The number of benzene rings is 2. The number of halogens is 1. The van der Waals surface area contributed by atoms with E-state index >= 15 is 0 Å². The van der Waals surface area contributed by atoms with Crippen LogP contribution in [0.5, 0.6) is 5.75 Å². The monoisotopic (exact) mass is 368 g/mol. The Balaban J connectivity index is 1.55. The van der Waals surface area contributed by atoms with Crippen molar-refractivity contribution in [2.24, 2.45) is 0 Å². The molecule has 3 rings (SSSR count). The molecule has 0 bridgehead atoms. The van der Waals surface area contributed by atoms with Crippen LogP contribution in [0.2, 0.25) is 0 Å². The molecule has 0 aromatic heterocycles. The Bertz CT molecular complexity index is 841. The number of methoxy groups -OCH3 is 1. The first-order valence-corrected chi connectivity index (χ1v) is 8.73. The van der Waals surface area contributed by atoms with Crippen LogP contribution in [0.25, 0.3) is 6.08 Å². The highest BCUT2D eigenvalue weighted by atomic mass is 19.1. The Morgan fingerprint density at radius 3 is 2.33 bits per heavy atom. The van der Waals surface area contributed by atoms with Gasteiger partial charge in [-0.15, -0.1) is 0 Å². The first-order valence-electron chi connectivity index (χ1n) is 8.73. The van der Waals surface area contributed by atoms with E-state index in [4.69, 9.17) is 4.74 Å². The van der Waals surface area contributed by atoms with Crippen LogP contribution in [0, 0.1) is 5.82 Å².